The molecule has 2 aliphatic carbocycles. The monoisotopic (exact) mass is 471 g/mol. The van der Waals surface area contributed by atoms with E-state index in [1.54, 1.807) is 20.1 Å². The second kappa shape index (κ2) is 10.5. The van der Waals surface area contributed by atoms with E-state index in [4.69, 9.17) is 9.72 Å². The van der Waals surface area contributed by atoms with E-state index in [-0.39, 0.29) is 22.7 Å². The lowest BCUT2D eigenvalue weighted by Crippen LogP contribution is -2.30. The van der Waals surface area contributed by atoms with Gasteiger partial charge in [0.2, 0.25) is 0 Å². The highest BCUT2D eigenvalue weighted by Gasteiger charge is 2.39. The average Bonchev–Trinajstić information content (AvgIpc) is 2.79. The molecule has 1 aromatic rings. The molecule has 1 heterocycles. The van der Waals surface area contributed by atoms with Gasteiger partial charge in [-0.05, 0) is 67.9 Å². The number of aliphatic hydroxyl groups is 2. The van der Waals surface area contributed by atoms with E-state index >= 15 is 0 Å². The quantitative estimate of drug-likeness (QED) is 0.434. The molecule has 0 bridgehead atoms. The second-order valence-corrected chi connectivity index (χ2v) is 9.90. The number of pyridine rings is 1. The molecular weight excluding hydrogens is 436 g/mol. The molecule has 184 valence electrons. The maximum Gasteiger partial charge on any atom is 0.118 e. The maximum absolute atomic E-state index is 13.8. The zero-order valence-electron chi connectivity index (χ0n) is 20.6. The third kappa shape index (κ3) is 5.45. The van der Waals surface area contributed by atoms with Gasteiger partial charge in [-0.2, -0.15) is 0 Å². The molecule has 0 amide bonds. The van der Waals surface area contributed by atoms with Crippen LogP contribution in [-0.2, 0) is 11.2 Å². The Morgan fingerprint density at radius 1 is 1.32 bits per heavy atom. The molecule has 0 aliphatic heterocycles. The fourth-order valence-electron chi connectivity index (χ4n) is 4.84. The Bertz CT molecular complexity index is 1070. The zero-order chi connectivity index (χ0) is 25.2. The lowest BCUT2D eigenvalue weighted by atomic mass is 9.70. The number of methoxy groups -OCH3 is 1. The standard InChI is InChI=1S/C28H35F2NO3/c1-7-19(29)11-8-16(2)27(33)25-23(18-9-12-20(30)13-10-18)24-21(31-26(25)17(3)34-6)14-28(4,5)15-22(24)32/h7-9,11-13,17-18,22,27,32-33H,2,10,14-15H2,1,3-6H3/b11-8-,19-7+/t17?,18?,22-,27?/m0/s1. The molecule has 0 fully saturated rings. The van der Waals surface area contributed by atoms with Crippen molar-refractivity contribution in [2.24, 2.45) is 5.41 Å². The van der Waals surface area contributed by atoms with Crippen LogP contribution in [0, 0.1) is 5.41 Å². The van der Waals surface area contributed by atoms with Gasteiger partial charge in [-0.15, -0.1) is 0 Å². The Labute approximate surface area is 201 Å². The van der Waals surface area contributed by atoms with E-state index in [0.29, 0.717) is 36.1 Å². The number of hydrogen-bond acceptors (Lipinski definition) is 4. The fourth-order valence-corrected chi connectivity index (χ4v) is 4.84. The summed E-state index contributed by atoms with van der Waals surface area (Å²) < 4.78 is 33.1. The van der Waals surface area contributed by atoms with Gasteiger partial charge in [-0.1, -0.05) is 38.7 Å². The van der Waals surface area contributed by atoms with Crippen LogP contribution in [-0.4, -0.2) is 22.3 Å². The Balaban J connectivity index is 2.29. The molecule has 3 rings (SSSR count). The number of nitrogens with zero attached hydrogens (tertiary/aromatic N) is 1. The van der Waals surface area contributed by atoms with Crippen molar-refractivity contribution in [3.63, 3.8) is 0 Å². The predicted molar refractivity (Wildman–Crippen MR) is 131 cm³/mol. The largest absolute Gasteiger partial charge is 0.388 e. The predicted octanol–water partition coefficient (Wildman–Crippen LogP) is 6.71. The third-order valence-corrected chi connectivity index (χ3v) is 6.67. The van der Waals surface area contributed by atoms with Crippen molar-refractivity contribution in [2.45, 2.75) is 71.2 Å². The number of aromatic nitrogens is 1. The number of aliphatic hydroxyl groups excluding tert-OH is 2. The van der Waals surface area contributed by atoms with Crippen molar-refractivity contribution < 1.29 is 23.7 Å². The first-order chi connectivity index (χ1) is 16.0. The molecule has 6 heteroatoms. The van der Waals surface area contributed by atoms with Crippen molar-refractivity contribution in [3.8, 4) is 0 Å². The SMILES string of the molecule is C=C(/C=C\C(F)=C/C)C(O)c1c(C(C)OC)nc2c(c1C1C=CC(F)=CC1)[C@@H](O)CC(C)(C)C2. The fraction of sp³-hybridized carbons (Fsp3) is 0.464. The van der Waals surface area contributed by atoms with E-state index in [1.807, 2.05) is 6.92 Å². The van der Waals surface area contributed by atoms with Gasteiger partial charge in [0, 0.05) is 29.8 Å². The summed E-state index contributed by atoms with van der Waals surface area (Å²) in [7, 11) is 1.56. The molecule has 4 atom stereocenters. The van der Waals surface area contributed by atoms with Crippen LogP contribution < -0.4 is 0 Å². The van der Waals surface area contributed by atoms with Gasteiger partial charge < -0.3 is 14.9 Å². The Morgan fingerprint density at radius 2 is 2.03 bits per heavy atom. The molecule has 2 aliphatic rings. The van der Waals surface area contributed by atoms with Crippen LogP contribution in [0.1, 0.15) is 92.8 Å². The molecule has 0 aromatic carbocycles. The summed E-state index contributed by atoms with van der Waals surface area (Å²) in [6.07, 6.45) is 7.77. The molecule has 34 heavy (non-hydrogen) atoms. The average molecular weight is 472 g/mol. The normalized spacial score (nSPS) is 24.0. The maximum atomic E-state index is 13.8. The van der Waals surface area contributed by atoms with E-state index in [2.05, 4.69) is 20.4 Å². The topological polar surface area (TPSA) is 62.6 Å². The van der Waals surface area contributed by atoms with Crippen LogP contribution in [0.3, 0.4) is 0 Å². The van der Waals surface area contributed by atoms with Gasteiger partial charge in [0.1, 0.15) is 17.8 Å². The minimum atomic E-state index is -1.22. The summed E-state index contributed by atoms with van der Waals surface area (Å²) in [5, 5.41) is 22.7. The molecule has 0 spiro atoms. The van der Waals surface area contributed by atoms with Crippen molar-refractivity contribution in [2.75, 3.05) is 7.11 Å². The highest BCUT2D eigenvalue weighted by Crippen LogP contribution is 2.48. The zero-order valence-corrected chi connectivity index (χ0v) is 20.6. The van der Waals surface area contributed by atoms with Crippen LogP contribution >= 0.6 is 0 Å². The van der Waals surface area contributed by atoms with Gasteiger partial charge in [0.25, 0.3) is 0 Å². The Morgan fingerprint density at radius 3 is 2.62 bits per heavy atom. The van der Waals surface area contributed by atoms with Crippen LogP contribution in [0.4, 0.5) is 8.78 Å². The smallest absolute Gasteiger partial charge is 0.118 e. The third-order valence-electron chi connectivity index (χ3n) is 6.67. The summed E-state index contributed by atoms with van der Waals surface area (Å²) in [5.74, 6) is -1.04. The number of halogens is 2. The number of hydrogen-bond donors (Lipinski definition) is 2. The lowest BCUT2D eigenvalue weighted by molar-refractivity contribution is 0.0922. The molecule has 2 N–H and O–H groups in total. The van der Waals surface area contributed by atoms with Crippen molar-refractivity contribution in [3.05, 3.63) is 88.3 Å². The molecular formula is C28H35F2NO3. The first kappa shape index (κ1) is 26.2. The Kier molecular flexibility index (Phi) is 8.06. The van der Waals surface area contributed by atoms with Gasteiger partial charge in [-0.25, -0.2) is 8.78 Å². The van der Waals surface area contributed by atoms with Gasteiger partial charge in [0.05, 0.1) is 17.9 Å². The van der Waals surface area contributed by atoms with E-state index < -0.39 is 24.1 Å². The Hall–Kier alpha value is -2.41. The van der Waals surface area contributed by atoms with E-state index in [0.717, 1.165) is 11.3 Å². The molecule has 4 nitrogen and oxygen atoms in total. The number of rotatable bonds is 7. The minimum Gasteiger partial charge on any atom is -0.388 e. The van der Waals surface area contributed by atoms with Crippen LogP contribution in [0.15, 0.2) is 60.3 Å². The molecule has 0 saturated carbocycles. The molecule has 3 unspecified atom stereocenters. The summed E-state index contributed by atoms with van der Waals surface area (Å²) in [5.41, 5.74) is 3.30. The van der Waals surface area contributed by atoms with Crippen molar-refractivity contribution in [1.82, 2.24) is 4.98 Å². The highest BCUT2D eigenvalue weighted by atomic mass is 19.1. The van der Waals surface area contributed by atoms with Gasteiger partial charge >= 0.3 is 0 Å². The summed E-state index contributed by atoms with van der Waals surface area (Å²) in [6, 6.07) is 0. The second-order valence-electron chi connectivity index (χ2n) is 9.90. The van der Waals surface area contributed by atoms with E-state index in [9.17, 15) is 19.0 Å². The van der Waals surface area contributed by atoms with E-state index in [1.165, 1.54) is 30.4 Å². The van der Waals surface area contributed by atoms with Crippen molar-refractivity contribution in [1.29, 1.82) is 0 Å². The first-order valence-electron chi connectivity index (χ1n) is 11.7. The van der Waals surface area contributed by atoms with Crippen LogP contribution in [0.25, 0.3) is 0 Å². The molecule has 1 aromatic heterocycles. The lowest BCUT2D eigenvalue weighted by Gasteiger charge is -2.38. The number of ether oxygens (including phenoxy) is 1. The van der Waals surface area contributed by atoms with Crippen LogP contribution in [0.5, 0.6) is 0 Å². The summed E-state index contributed by atoms with van der Waals surface area (Å²) >= 11 is 0. The van der Waals surface area contributed by atoms with Crippen LogP contribution in [0.2, 0.25) is 0 Å². The minimum absolute atomic E-state index is 0.158. The number of allylic oxidation sites excluding steroid dienone is 7. The van der Waals surface area contributed by atoms with Gasteiger partial charge in [-0.3, -0.25) is 4.98 Å². The van der Waals surface area contributed by atoms with Gasteiger partial charge in [0.15, 0.2) is 0 Å². The summed E-state index contributed by atoms with van der Waals surface area (Å²) in [4.78, 5) is 4.91. The van der Waals surface area contributed by atoms with Crippen molar-refractivity contribution >= 4 is 0 Å². The summed E-state index contributed by atoms with van der Waals surface area (Å²) in [6.45, 7) is 11.6. The highest BCUT2D eigenvalue weighted by molar-refractivity contribution is 5.52. The first-order valence-corrected chi connectivity index (χ1v) is 11.7. The number of fused-ring (bicyclic) bond motifs is 1. The molecule has 0 saturated heterocycles. The molecule has 0 radical (unpaired) electrons.